The van der Waals surface area contributed by atoms with Crippen molar-refractivity contribution in [2.45, 2.75) is 27.0 Å². The number of halogens is 1. The normalized spacial score (nSPS) is 11.1. The summed E-state index contributed by atoms with van der Waals surface area (Å²) in [5, 5.41) is 11.3. The van der Waals surface area contributed by atoms with Gasteiger partial charge in [0.05, 0.1) is 31.7 Å². The number of hydrogen-bond acceptors (Lipinski definition) is 4. The number of nitrogens with one attached hydrogen (secondary N) is 2. The van der Waals surface area contributed by atoms with Crippen LogP contribution in [0.2, 0.25) is 0 Å². The van der Waals surface area contributed by atoms with E-state index in [1.165, 1.54) is 0 Å². The predicted molar refractivity (Wildman–Crippen MR) is 139 cm³/mol. The van der Waals surface area contributed by atoms with Crippen LogP contribution in [0.4, 0.5) is 0 Å². The molecule has 0 bridgehead atoms. The van der Waals surface area contributed by atoms with E-state index in [4.69, 9.17) is 9.47 Å². The molecule has 0 spiro atoms. The number of nitrogens with zero attached hydrogens (tertiary/aromatic N) is 3. The van der Waals surface area contributed by atoms with Crippen LogP contribution in [0, 0.1) is 13.8 Å². The molecular formula is C24H32IN5O2. The van der Waals surface area contributed by atoms with Crippen LogP contribution in [-0.4, -0.2) is 43.0 Å². The van der Waals surface area contributed by atoms with Crippen molar-refractivity contribution < 1.29 is 9.47 Å². The molecule has 3 rings (SSSR count). The van der Waals surface area contributed by atoms with Gasteiger partial charge in [-0.2, -0.15) is 5.10 Å². The van der Waals surface area contributed by atoms with E-state index in [0.29, 0.717) is 26.3 Å². The van der Waals surface area contributed by atoms with Gasteiger partial charge in [-0.15, -0.1) is 24.0 Å². The molecule has 8 heteroatoms. The Bertz CT molecular complexity index is 1020. The number of aryl methyl sites for hydroxylation is 2. The number of hydrogen-bond donors (Lipinski definition) is 2. The van der Waals surface area contributed by atoms with Crippen molar-refractivity contribution in [1.82, 2.24) is 20.4 Å². The van der Waals surface area contributed by atoms with Crippen LogP contribution in [0.3, 0.4) is 0 Å². The molecule has 2 aromatic carbocycles. The number of benzene rings is 2. The average Bonchev–Trinajstić information content (AvgIpc) is 3.13. The fraction of sp³-hybridized carbons (Fsp3) is 0.333. The van der Waals surface area contributed by atoms with Gasteiger partial charge in [0.2, 0.25) is 0 Å². The van der Waals surface area contributed by atoms with Crippen molar-refractivity contribution in [2.24, 2.45) is 4.99 Å². The summed E-state index contributed by atoms with van der Waals surface area (Å²) in [7, 11) is 3.43. The van der Waals surface area contributed by atoms with E-state index in [1.807, 2.05) is 48.0 Å². The van der Waals surface area contributed by atoms with Gasteiger partial charge in [-0.25, -0.2) is 4.68 Å². The minimum atomic E-state index is 0. The average molecular weight is 549 g/mol. The quantitative estimate of drug-likeness (QED) is 0.183. The Kier molecular flexibility index (Phi) is 10.5. The molecule has 0 aliphatic carbocycles. The summed E-state index contributed by atoms with van der Waals surface area (Å²) in [6, 6.07) is 18.2. The van der Waals surface area contributed by atoms with Crippen LogP contribution in [0.1, 0.15) is 22.5 Å². The van der Waals surface area contributed by atoms with E-state index in [9.17, 15) is 0 Å². The number of aliphatic imine (C=N–C) groups is 1. The fourth-order valence-corrected chi connectivity index (χ4v) is 3.39. The molecule has 0 unspecified atom stereocenters. The smallest absolute Gasteiger partial charge is 0.191 e. The lowest BCUT2D eigenvalue weighted by molar-refractivity contribution is 0.123. The fourth-order valence-electron chi connectivity index (χ4n) is 3.39. The first kappa shape index (κ1) is 25.7. The van der Waals surface area contributed by atoms with Gasteiger partial charge in [0.1, 0.15) is 5.75 Å². The van der Waals surface area contributed by atoms with Crippen LogP contribution in [-0.2, 0) is 17.9 Å². The third kappa shape index (κ3) is 6.96. The van der Waals surface area contributed by atoms with Crippen molar-refractivity contribution in [2.75, 3.05) is 27.3 Å². The largest absolute Gasteiger partial charge is 0.496 e. The first-order valence-electron chi connectivity index (χ1n) is 10.4. The van der Waals surface area contributed by atoms with Crippen LogP contribution in [0.15, 0.2) is 59.6 Å². The number of para-hydroxylation sites is 2. The lowest BCUT2D eigenvalue weighted by Crippen LogP contribution is -2.38. The Morgan fingerprint density at radius 1 is 1.03 bits per heavy atom. The van der Waals surface area contributed by atoms with Gasteiger partial charge in [-0.05, 0) is 37.6 Å². The van der Waals surface area contributed by atoms with Crippen molar-refractivity contribution in [3.8, 4) is 11.4 Å². The van der Waals surface area contributed by atoms with E-state index in [1.54, 1.807) is 14.2 Å². The molecular weight excluding hydrogens is 517 g/mol. The Morgan fingerprint density at radius 2 is 1.75 bits per heavy atom. The lowest BCUT2D eigenvalue weighted by atomic mass is 10.1. The zero-order valence-corrected chi connectivity index (χ0v) is 21.4. The first-order chi connectivity index (χ1) is 15.1. The summed E-state index contributed by atoms with van der Waals surface area (Å²) < 4.78 is 13.1. The predicted octanol–water partition coefficient (Wildman–Crippen LogP) is 4.00. The third-order valence-corrected chi connectivity index (χ3v) is 4.89. The highest BCUT2D eigenvalue weighted by atomic mass is 127. The summed E-state index contributed by atoms with van der Waals surface area (Å²) >= 11 is 0. The molecule has 7 nitrogen and oxygen atoms in total. The van der Waals surface area contributed by atoms with Crippen molar-refractivity contribution in [3.63, 3.8) is 0 Å². The maximum Gasteiger partial charge on any atom is 0.191 e. The Hall–Kier alpha value is -2.59. The lowest BCUT2D eigenvalue weighted by Gasteiger charge is -2.15. The van der Waals surface area contributed by atoms with Gasteiger partial charge in [0.25, 0.3) is 0 Å². The number of methoxy groups -OCH3 is 1. The SMILES string of the molecule is CN=C(NCCOCc1ccccc1OC)NCc1ccccc1-n1nc(C)cc1C.I. The molecule has 172 valence electrons. The van der Waals surface area contributed by atoms with Crippen LogP contribution in [0.25, 0.3) is 5.69 Å². The highest BCUT2D eigenvalue weighted by Gasteiger charge is 2.09. The zero-order chi connectivity index (χ0) is 22.1. The molecule has 0 saturated carbocycles. The molecule has 0 aliphatic rings. The van der Waals surface area contributed by atoms with Gasteiger partial charge in [0, 0.05) is 31.4 Å². The number of guanidine groups is 1. The zero-order valence-electron chi connectivity index (χ0n) is 19.1. The van der Waals surface area contributed by atoms with Crippen LogP contribution < -0.4 is 15.4 Å². The maximum atomic E-state index is 5.78. The molecule has 32 heavy (non-hydrogen) atoms. The van der Waals surface area contributed by atoms with Crippen molar-refractivity contribution in [1.29, 1.82) is 0 Å². The Labute approximate surface area is 207 Å². The summed E-state index contributed by atoms with van der Waals surface area (Å²) in [4.78, 5) is 4.31. The monoisotopic (exact) mass is 549 g/mol. The first-order valence-corrected chi connectivity index (χ1v) is 10.4. The molecule has 0 fully saturated rings. The van der Waals surface area contributed by atoms with Gasteiger partial charge >= 0.3 is 0 Å². The number of aromatic nitrogens is 2. The van der Waals surface area contributed by atoms with E-state index >= 15 is 0 Å². The molecule has 0 atom stereocenters. The molecule has 0 amide bonds. The van der Waals surface area contributed by atoms with Crippen LogP contribution >= 0.6 is 24.0 Å². The van der Waals surface area contributed by atoms with Gasteiger partial charge in [-0.3, -0.25) is 4.99 Å². The van der Waals surface area contributed by atoms with Gasteiger partial charge in [0.15, 0.2) is 5.96 Å². The van der Waals surface area contributed by atoms with Gasteiger partial charge in [-0.1, -0.05) is 36.4 Å². The second-order valence-corrected chi connectivity index (χ2v) is 7.18. The molecule has 3 aromatic rings. The Morgan fingerprint density at radius 3 is 2.44 bits per heavy atom. The minimum absolute atomic E-state index is 0. The highest BCUT2D eigenvalue weighted by molar-refractivity contribution is 14.0. The molecule has 1 heterocycles. The van der Waals surface area contributed by atoms with E-state index in [0.717, 1.165) is 39.9 Å². The summed E-state index contributed by atoms with van der Waals surface area (Å²) in [6.07, 6.45) is 0. The Balaban J connectivity index is 0.00000363. The van der Waals surface area contributed by atoms with Crippen molar-refractivity contribution in [3.05, 3.63) is 77.1 Å². The molecule has 2 N–H and O–H groups in total. The molecule has 1 aromatic heterocycles. The van der Waals surface area contributed by atoms with E-state index in [-0.39, 0.29) is 24.0 Å². The molecule has 0 radical (unpaired) electrons. The second kappa shape index (κ2) is 13.1. The summed E-state index contributed by atoms with van der Waals surface area (Å²) in [5.74, 6) is 1.57. The van der Waals surface area contributed by atoms with E-state index in [2.05, 4.69) is 45.8 Å². The maximum absolute atomic E-state index is 5.78. The topological polar surface area (TPSA) is 72.7 Å². The summed E-state index contributed by atoms with van der Waals surface area (Å²) in [6.45, 7) is 6.42. The molecule has 0 aliphatic heterocycles. The third-order valence-electron chi connectivity index (χ3n) is 4.89. The van der Waals surface area contributed by atoms with Crippen LogP contribution in [0.5, 0.6) is 5.75 Å². The minimum Gasteiger partial charge on any atom is -0.496 e. The highest BCUT2D eigenvalue weighted by Crippen LogP contribution is 2.18. The standard InChI is InChI=1S/C24H31N5O2.HI/c1-18-15-19(2)29(28-18)22-11-7-5-9-20(22)16-27-24(25-3)26-13-14-31-17-21-10-6-8-12-23(21)30-4;/h5-12,15H,13-14,16-17H2,1-4H3,(H2,25,26,27);1H. The van der Waals surface area contributed by atoms with E-state index < -0.39 is 0 Å². The number of rotatable bonds is 9. The molecule has 0 saturated heterocycles. The second-order valence-electron chi connectivity index (χ2n) is 7.18. The van der Waals surface area contributed by atoms with Gasteiger partial charge < -0.3 is 20.1 Å². The number of ether oxygens (including phenoxy) is 2. The van der Waals surface area contributed by atoms with Crippen molar-refractivity contribution >= 4 is 29.9 Å². The summed E-state index contributed by atoms with van der Waals surface area (Å²) in [5.41, 5.74) is 5.36.